The fourth-order valence-corrected chi connectivity index (χ4v) is 6.31. The van der Waals surface area contributed by atoms with Crippen LogP contribution in [-0.4, -0.2) is 34.5 Å². The Balaban J connectivity index is 1.41. The van der Waals surface area contributed by atoms with Crippen LogP contribution in [0.1, 0.15) is 83.8 Å². The van der Waals surface area contributed by atoms with Gasteiger partial charge in [-0.3, -0.25) is 4.79 Å². The maximum Gasteiger partial charge on any atom is 0.408 e. The van der Waals surface area contributed by atoms with Crippen LogP contribution < -0.4 is 10.7 Å². The fraction of sp³-hybridized carbons (Fsp3) is 0.654. The van der Waals surface area contributed by atoms with Gasteiger partial charge in [-0.1, -0.05) is 13.0 Å². The molecule has 0 spiro atoms. The molecule has 0 unspecified atom stereocenters. The van der Waals surface area contributed by atoms with Gasteiger partial charge in [0.1, 0.15) is 17.4 Å². The third-order valence-corrected chi connectivity index (χ3v) is 7.88. The monoisotopic (exact) mass is 455 g/mol. The average Bonchev–Trinajstić information content (AvgIpc) is 3.06. The van der Waals surface area contributed by atoms with Gasteiger partial charge in [0.2, 0.25) is 0 Å². The van der Waals surface area contributed by atoms with Crippen molar-refractivity contribution in [1.29, 1.82) is 0 Å². The Morgan fingerprint density at radius 1 is 1.21 bits per heavy atom. The fourth-order valence-electron chi connectivity index (χ4n) is 6.31. The van der Waals surface area contributed by atoms with Gasteiger partial charge in [0.25, 0.3) is 5.91 Å². The minimum atomic E-state index is -0.740. The minimum Gasteiger partial charge on any atom is -0.508 e. The number of hydrogen-bond donors (Lipinski definition) is 3. The first-order valence-corrected chi connectivity index (χ1v) is 12.2. The highest BCUT2D eigenvalue weighted by Gasteiger charge is 2.53. The van der Waals surface area contributed by atoms with E-state index in [0.717, 1.165) is 44.2 Å². The Bertz CT molecular complexity index is 967. The number of alkyl carbamates (subject to hydrolysis) is 1. The summed E-state index contributed by atoms with van der Waals surface area (Å²) in [6.07, 6.45) is 5.65. The molecule has 3 aliphatic carbocycles. The summed E-state index contributed by atoms with van der Waals surface area (Å²) in [6.45, 7) is 9.28. The minimum absolute atomic E-state index is 0.00923. The van der Waals surface area contributed by atoms with E-state index in [4.69, 9.17) is 4.74 Å². The number of phenolic OH excluding ortho intramolecular Hbond substituents is 1. The average molecular weight is 456 g/mol. The van der Waals surface area contributed by atoms with Crippen molar-refractivity contribution < 1.29 is 19.4 Å². The number of nitrogens with one attached hydrogen (secondary N) is 2. The van der Waals surface area contributed by atoms with Crippen molar-refractivity contribution >= 4 is 17.7 Å². The van der Waals surface area contributed by atoms with Gasteiger partial charge in [0.05, 0.1) is 0 Å². The molecule has 0 radical (unpaired) electrons. The first kappa shape index (κ1) is 23.6. The standard InChI is InChI=1S/C26H37N3O4/c1-15(27-24(32)33-25(2,3)4)23(31)29-28-22-11-10-21-20-8-6-16-14-17(30)7-9-18(16)19(20)12-13-26(21,22)5/h7,9,14-15,19-21,30H,6,8,10-13H2,1-5H3,(H,27,32)(H,29,31)/b28-22-/t15-,19+,20+,21-,26-/m0/s1. The number of phenols is 1. The van der Waals surface area contributed by atoms with Crippen LogP contribution in [0.5, 0.6) is 5.75 Å². The van der Waals surface area contributed by atoms with Crippen LogP contribution in [0.4, 0.5) is 4.79 Å². The van der Waals surface area contributed by atoms with Gasteiger partial charge in [-0.25, -0.2) is 10.2 Å². The molecule has 5 atom stereocenters. The van der Waals surface area contributed by atoms with Gasteiger partial charge in [-0.2, -0.15) is 5.10 Å². The first-order valence-electron chi connectivity index (χ1n) is 12.2. The van der Waals surface area contributed by atoms with Gasteiger partial charge in [0.15, 0.2) is 0 Å². The molecule has 2 saturated carbocycles. The lowest BCUT2D eigenvalue weighted by atomic mass is 9.55. The molecule has 1 aromatic carbocycles. The summed E-state index contributed by atoms with van der Waals surface area (Å²) in [7, 11) is 0. The molecule has 0 saturated heterocycles. The molecule has 3 N–H and O–H groups in total. The van der Waals surface area contributed by atoms with Gasteiger partial charge >= 0.3 is 6.09 Å². The molecule has 0 aromatic heterocycles. The summed E-state index contributed by atoms with van der Waals surface area (Å²) in [6, 6.07) is 5.13. The van der Waals surface area contributed by atoms with Crippen LogP contribution in [-0.2, 0) is 16.0 Å². The summed E-state index contributed by atoms with van der Waals surface area (Å²) < 4.78 is 5.23. The number of ether oxygens (including phenoxy) is 1. The number of hydrazone groups is 1. The topological polar surface area (TPSA) is 100 Å². The largest absolute Gasteiger partial charge is 0.508 e. The second-order valence-electron chi connectivity index (χ2n) is 11.2. The number of aryl methyl sites for hydroxylation is 1. The van der Waals surface area contributed by atoms with E-state index in [-0.39, 0.29) is 11.3 Å². The van der Waals surface area contributed by atoms with Crippen molar-refractivity contribution in [1.82, 2.24) is 10.7 Å². The van der Waals surface area contributed by atoms with Crippen molar-refractivity contribution in [3.8, 4) is 5.75 Å². The zero-order valence-corrected chi connectivity index (χ0v) is 20.4. The van der Waals surface area contributed by atoms with E-state index in [1.807, 2.05) is 12.1 Å². The van der Waals surface area contributed by atoms with Crippen LogP contribution in [0.15, 0.2) is 23.3 Å². The van der Waals surface area contributed by atoms with Gasteiger partial charge in [-0.15, -0.1) is 0 Å². The van der Waals surface area contributed by atoms with Crippen molar-refractivity contribution in [2.45, 2.75) is 90.7 Å². The lowest BCUT2D eigenvalue weighted by Gasteiger charge is -2.49. The summed E-state index contributed by atoms with van der Waals surface area (Å²) in [5, 5.41) is 17.0. The second kappa shape index (κ2) is 8.65. The quantitative estimate of drug-likeness (QED) is 0.578. The zero-order valence-electron chi connectivity index (χ0n) is 20.4. The predicted octanol–water partition coefficient (Wildman–Crippen LogP) is 4.63. The number of hydrogen-bond acceptors (Lipinski definition) is 5. The van der Waals surface area contributed by atoms with Crippen LogP contribution in [0, 0.1) is 17.3 Å². The molecular formula is C26H37N3O4. The number of amides is 2. The van der Waals surface area contributed by atoms with Crippen molar-refractivity contribution in [2.75, 3.05) is 0 Å². The smallest absolute Gasteiger partial charge is 0.408 e. The molecule has 0 aliphatic heterocycles. The molecule has 180 valence electrons. The lowest BCUT2D eigenvalue weighted by molar-refractivity contribution is -0.122. The van der Waals surface area contributed by atoms with E-state index in [0.29, 0.717) is 23.5 Å². The van der Waals surface area contributed by atoms with Crippen LogP contribution in [0.3, 0.4) is 0 Å². The van der Waals surface area contributed by atoms with Gasteiger partial charge in [0, 0.05) is 11.1 Å². The lowest BCUT2D eigenvalue weighted by Crippen LogP contribution is -2.46. The summed E-state index contributed by atoms with van der Waals surface area (Å²) in [5.41, 5.74) is 5.84. The number of rotatable bonds is 3. The van der Waals surface area contributed by atoms with Crippen molar-refractivity contribution in [3.05, 3.63) is 29.3 Å². The molecule has 2 amide bonds. The van der Waals surface area contributed by atoms with E-state index < -0.39 is 17.7 Å². The van der Waals surface area contributed by atoms with Crippen molar-refractivity contribution in [3.63, 3.8) is 0 Å². The number of carbonyl (C=O) groups is 2. The Labute approximate surface area is 196 Å². The molecule has 7 heteroatoms. The highest BCUT2D eigenvalue weighted by Crippen LogP contribution is 2.59. The van der Waals surface area contributed by atoms with E-state index >= 15 is 0 Å². The summed E-state index contributed by atoms with van der Waals surface area (Å²) in [5.74, 6) is 1.71. The maximum absolute atomic E-state index is 12.5. The van der Waals surface area contributed by atoms with Crippen LogP contribution in [0.2, 0.25) is 0 Å². The SMILES string of the molecule is C[C@H](NC(=O)OC(C)(C)C)C(=O)N/N=C1/CC[C@H]2[C@@H]3CCc4cc(O)ccc4[C@H]3CC[C@]12C. The normalized spacial score (nSPS) is 30.6. The first-order chi connectivity index (χ1) is 15.5. The third kappa shape index (κ3) is 4.73. The molecule has 0 bridgehead atoms. The predicted molar refractivity (Wildman–Crippen MR) is 127 cm³/mol. The van der Waals surface area contributed by atoms with Gasteiger partial charge < -0.3 is 15.2 Å². The molecule has 4 rings (SSSR count). The molecule has 7 nitrogen and oxygen atoms in total. The van der Waals surface area contributed by atoms with E-state index in [2.05, 4.69) is 28.8 Å². The van der Waals surface area contributed by atoms with Crippen LogP contribution >= 0.6 is 0 Å². The molecule has 1 aromatic rings. The highest BCUT2D eigenvalue weighted by molar-refractivity contribution is 5.94. The van der Waals surface area contributed by atoms with Crippen molar-refractivity contribution in [2.24, 2.45) is 22.4 Å². The summed E-state index contributed by atoms with van der Waals surface area (Å²) in [4.78, 5) is 24.5. The Hall–Kier alpha value is -2.57. The highest BCUT2D eigenvalue weighted by atomic mass is 16.6. The molecule has 3 aliphatic rings. The second-order valence-corrected chi connectivity index (χ2v) is 11.2. The number of fused-ring (bicyclic) bond motifs is 5. The Morgan fingerprint density at radius 2 is 1.97 bits per heavy atom. The zero-order chi connectivity index (χ0) is 24.0. The van der Waals surface area contributed by atoms with Gasteiger partial charge in [-0.05, 0) is 107 Å². The van der Waals surface area contributed by atoms with Crippen LogP contribution in [0.25, 0.3) is 0 Å². The van der Waals surface area contributed by atoms with E-state index in [1.54, 1.807) is 27.7 Å². The van der Waals surface area contributed by atoms with E-state index in [1.165, 1.54) is 11.1 Å². The van der Waals surface area contributed by atoms with E-state index in [9.17, 15) is 14.7 Å². The molecule has 0 heterocycles. The molecule has 33 heavy (non-hydrogen) atoms. The number of benzene rings is 1. The molecular weight excluding hydrogens is 418 g/mol. The molecule has 2 fully saturated rings. The number of carbonyl (C=O) groups excluding carboxylic acids is 2. The third-order valence-electron chi connectivity index (χ3n) is 7.88. The Kier molecular flexibility index (Phi) is 6.18. The Morgan fingerprint density at radius 3 is 2.70 bits per heavy atom. The summed E-state index contributed by atoms with van der Waals surface area (Å²) >= 11 is 0. The number of aromatic hydroxyl groups is 1. The number of nitrogens with zero attached hydrogens (tertiary/aromatic N) is 1. The maximum atomic E-state index is 12.5.